The zero-order valence-electron chi connectivity index (χ0n) is 11.4. The lowest BCUT2D eigenvalue weighted by atomic mass is 10.1. The lowest BCUT2D eigenvalue weighted by molar-refractivity contribution is -0.123. The topological polar surface area (TPSA) is 53.9 Å². The Bertz CT molecular complexity index is 499. The molecule has 1 aliphatic rings. The first-order valence-corrected chi connectivity index (χ1v) is 7.33. The van der Waals surface area contributed by atoms with Gasteiger partial charge in [-0.15, -0.1) is 0 Å². The van der Waals surface area contributed by atoms with Crippen LogP contribution in [0, 0.1) is 0 Å². The molecule has 2 rings (SSSR count). The van der Waals surface area contributed by atoms with Crippen LogP contribution in [-0.4, -0.2) is 49.4 Å². The molecule has 0 saturated carbocycles. The van der Waals surface area contributed by atoms with E-state index in [0.717, 1.165) is 28.8 Å². The highest BCUT2D eigenvalue weighted by Gasteiger charge is 2.13. The van der Waals surface area contributed by atoms with Gasteiger partial charge < -0.3 is 4.74 Å². The standard InChI is InChI=1S/C14H18BrN3O2/c1-11(12-3-2-4-13(15)9-12)16-17-14(19)10-18-5-7-20-8-6-18/h2-4,9H,5-8,10H2,1H3,(H,17,19)/b16-11-. The third kappa shape index (κ3) is 4.70. The number of ether oxygens (including phenoxy) is 1. The number of carbonyl (C=O) groups excluding carboxylic acids is 1. The van der Waals surface area contributed by atoms with Gasteiger partial charge in [0.05, 0.1) is 25.5 Å². The van der Waals surface area contributed by atoms with Crippen molar-refractivity contribution >= 4 is 27.5 Å². The first-order chi connectivity index (χ1) is 9.65. The van der Waals surface area contributed by atoms with Crippen LogP contribution in [0.1, 0.15) is 12.5 Å². The molecule has 0 atom stereocenters. The van der Waals surface area contributed by atoms with Crippen molar-refractivity contribution in [3.8, 4) is 0 Å². The van der Waals surface area contributed by atoms with Crippen LogP contribution in [0.15, 0.2) is 33.8 Å². The van der Waals surface area contributed by atoms with Crippen molar-refractivity contribution < 1.29 is 9.53 Å². The predicted molar refractivity (Wildman–Crippen MR) is 81.8 cm³/mol. The fraction of sp³-hybridized carbons (Fsp3) is 0.429. The van der Waals surface area contributed by atoms with E-state index >= 15 is 0 Å². The van der Waals surface area contributed by atoms with Gasteiger partial charge in [0.15, 0.2) is 0 Å². The molecule has 1 N–H and O–H groups in total. The van der Waals surface area contributed by atoms with Crippen LogP contribution in [0.2, 0.25) is 0 Å². The molecule has 0 bridgehead atoms. The second-order valence-electron chi connectivity index (χ2n) is 4.63. The number of nitrogens with one attached hydrogen (secondary N) is 1. The van der Waals surface area contributed by atoms with E-state index in [-0.39, 0.29) is 5.91 Å². The van der Waals surface area contributed by atoms with Gasteiger partial charge in [-0.1, -0.05) is 28.1 Å². The molecule has 1 fully saturated rings. The number of nitrogens with zero attached hydrogens (tertiary/aromatic N) is 2. The molecule has 1 aromatic carbocycles. The summed E-state index contributed by atoms with van der Waals surface area (Å²) in [7, 11) is 0. The van der Waals surface area contributed by atoms with Gasteiger partial charge >= 0.3 is 0 Å². The summed E-state index contributed by atoms with van der Waals surface area (Å²) in [6.45, 7) is 5.19. The molecular weight excluding hydrogens is 322 g/mol. The number of carbonyl (C=O) groups is 1. The van der Waals surface area contributed by atoms with Crippen LogP contribution in [-0.2, 0) is 9.53 Å². The van der Waals surface area contributed by atoms with E-state index < -0.39 is 0 Å². The summed E-state index contributed by atoms with van der Waals surface area (Å²) in [6.07, 6.45) is 0. The molecule has 0 radical (unpaired) electrons. The van der Waals surface area contributed by atoms with E-state index in [0.29, 0.717) is 19.8 Å². The maximum absolute atomic E-state index is 11.8. The average molecular weight is 340 g/mol. The van der Waals surface area contributed by atoms with Crippen molar-refractivity contribution in [3.63, 3.8) is 0 Å². The molecule has 0 aliphatic carbocycles. The van der Waals surface area contributed by atoms with Crippen LogP contribution >= 0.6 is 15.9 Å². The van der Waals surface area contributed by atoms with Crippen LogP contribution in [0.4, 0.5) is 0 Å². The molecule has 6 heteroatoms. The highest BCUT2D eigenvalue weighted by molar-refractivity contribution is 9.10. The SMILES string of the molecule is C/C(=N/NC(=O)CN1CCOCC1)c1cccc(Br)c1. The molecule has 1 aromatic rings. The summed E-state index contributed by atoms with van der Waals surface area (Å²) in [5, 5.41) is 4.14. The largest absolute Gasteiger partial charge is 0.379 e. The second kappa shape index (κ2) is 7.52. The van der Waals surface area contributed by atoms with Crippen molar-refractivity contribution in [2.24, 2.45) is 5.10 Å². The number of hydrogen-bond acceptors (Lipinski definition) is 4. The number of benzene rings is 1. The van der Waals surface area contributed by atoms with Crippen molar-refractivity contribution in [2.75, 3.05) is 32.8 Å². The lowest BCUT2D eigenvalue weighted by Gasteiger charge is -2.25. The maximum atomic E-state index is 11.8. The molecule has 1 saturated heterocycles. The van der Waals surface area contributed by atoms with Gasteiger partial charge in [0.25, 0.3) is 5.91 Å². The minimum atomic E-state index is -0.0961. The normalized spacial score (nSPS) is 17.0. The second-order valence-corrected chi connectivity index (χ2v) is 5.55. The van der Waals surface area contributed by atoms with Gasteiger partial charge in [0.1, 0.15) is 0 Å². The molecule has 1 heterocycles. The Morgan fingerprint density at radius 3 is 2.90 bits per heavy atom. The molecule has 108 valence electrons. The van der Waals surface area contributed by atoms with E-state index in [1.165, 1.54) is 0 Å². The summed E-state index contributed by atoms with van der Waals surface area (Å²) < 4.78 is 6.23. The summed E-state index contributed by atoms with van der Waals surface area (Å²) in [4.78, 5) is 13.9. The van der Waals surface area contributed by atoms with Gasteiger partial charge in [0.2, 0.25) is 0 Å². The summed E-state index contributed by atoms with van der Waals surface area (Å²) in [5.41, 5.74) is 4.36. The molecule has 0 spiro atoms. The van der Waals surface area contributed by atoms with Gasteiger partial charge in [-0.3, -0.25) is 9.69 Å². The Balaban J connectivity index is 1.86. The van der Waals surface area contributed by atoms with E-state index in [4.69, 9.17) is 4.74 Å². The van der Waals surface area contributed by atoms with Crippen LogP contribution in [0.3, 0.4) is 0 Å². The van der Waals surface area contributed by atoms with Crippen LogP contribution in [0.25, 0.3) is 0 Å². The average Bonchev–Trinajstić information content (AvgIpc) is 2.46. The van der Waals surface area contributed by atoms with Crippen molar-refractivity contribution in [3.05, 3.63) is 34.3 Å². The summed E-state index contributed by atoms with van der Waals surface area (Å²) >= 11 is 3.42. The number of hydrazone groups is 1. The summed E-state index contributed by atoms with van der Waals surface area (Å²) in [6, 6.07) is 7.81. The Labute approximate surface area is 127 Å². The van der Waals surface area contributed by atoms with E-state index in [9.17, 15) is 4.79 Å². The molecule has 1 amide bonds. The lowest BCUT2D eigenvalue weighted by Crippen LogP contribution is -2.42. The number of hydrogen-bond donors (Lipinski definition) is 1. The van der Waals surface area contributed by atoms with E-state index in [2.05, 4.69) is 31.4 Å². The monoisotopic (exact) mass is 339 g/mol. The van der Waals surface area contributed by atoms with Gasteiger partial charge in [-0.05, 0) is 24.6 Å². The highest BCUT2D eigenvalue weighted by atomic mass is 79.9. The third-order valence-electron chi connectivity index (χ3n) is 3.06. The highest BCUT2D eigenvalue weighted by Crippen LogP contribution is 2.12. The number of amides is 1. The molecule has 20 heavy (non-hydrogen) atoms. The zero-order valence-corrected chi connectivity index (χ0v) is 13.0. The van der Waals surface area contributed by atoms with Gasteiger partial charge in [-0.25, -0.2) is 5.43 Å². The Morgan fingerprint density at radius 2 is 2.20 bits per heavy atom. The van der Waals surface area contributed by atoms with Crippen molar-refractivity contribution in [1.82, 2.24) is 10.3 Å². The number of rotatable bonds is 4. The fourth-order valence-electron chi connectivity index (χ4n) is 1.92. The molecule has 1 aliphatic heterocycles. The molecule has 5 nitrogen and oxygen atoms in total. The van der Waals surface area contributed by atoms with Crippen LogP contribution < -0.4 is 5.43 Å². The first kappa shape index (κ1) is 15.2. The quantitative estimate of drug-likeness (QED) is 0.670. The third-order valence-corrected chi connectivity index (χ3v) is 3.55. The number of halogens is 1. The molecule has 0 unspecified atom stereocenters. The van der Waals surface area contributed by atoms with Crippen LogP contribution in [0.5, 0.6) is 0 Å². The minimum absolute atomic E-state index is 0.0961. The predicted octanol–water partition coefficient (Wildman–Crippen LogP) is 1.62. The first-order valence-electron chi connectivity index (χ1n) is 6.54. The van der Waals surface area contributed by atoms with Crippen molar-refractivity contribution in [1.29, 1.82) is 0 Å². The summed E-state index contributed by atoms with van der Waals surface area (Å²) in [5.74, 6) is -0.0961. The van der Waals surface area contributed by atoms with Crippen molar-refractivity contribution in [2.45, 2.75) is 6.92 Å². The van der Waals surface area contributed by atoms with E-state index in [1.807, 2.05) is 31.2 Å². The maximum Gasteiger partial charge on any atom is 0.254 e. The number of morpholine rings is 1. The Hall–Kier alpha value is -1.24. The zero-order chi connectivity index (χ0) is 14.4. The van der Waals surface area contributed by atoms with Gasteiger partial charge in [-0.2, -0.15) is 5.10 Å². The van der Waals surface area contributed by atoms with E-state index in [1.54, 1.807) is 0 Å². The molecular formula is C14H18BrN3O2. The fourth-order valence-corrected chi connectivity index (χ4v) is 2.32. The smallest absolute Gasteiger partial charge is 0.254 e. The Morgan fingerprint density at radius 1 is 1.45 bits per heavy atom. The minimum Gasteiger partial charge on any atom is -0.379 e. The Kier molecular flexibility index (Phi) is 5.70. The van der Waals surface area contributed by atoms with Gasteiger partial charge in [0, 0.05) is 17.6 Å². The molecule has 0 aromatic heterocycles.